The molecule has 2 aromatic carbocycles. The monoisotopic (exact) mass is 357 g/mol. The molecule has 0 atom stereocenters. The summed E-state index contributed by atoms with van der Waals surface area (Å²) >= 11 is 5.83. The fourth-order valence-corrected chi connectivity index (χ4v) is 2.42. The van der Waals surface area contributed by atoms with Crippen molar-refractivity contribution in [3.8, 4) is 17.1 Å². The Hall–Kier alpha value is -2.86. The van der Waals surface area contributed by atoms with Crippen molar-refractivity contribution in [1.82, 2.24) is 15.5 Å². The largest absolute Gasteiger partial charge is 0.496 e. The molecule has 3 rings (SSSR count). The van der Waals surface area contributed by atoms with Crippen molar-refractivity contribution in [3.05, 3.63) is 65.0 Å². The number of amides is 1. The van der Waals surface area contributed by atoms with Gasteiger partial charge in [0.25, 0.3) is 0 Å². The number of carbonyl (C=O) groups excluding carboxylic acids is 1. The maximum Gasteiger partial charge on any atom is 0.246 e. The molecule has 1 heterocycles. The molecule has 0 aliphatic rings. The second kappa shape index (κ2) is 7.81. The van der Waals surface area contributed by atoms with Gasteiger partial charge in [-0.25, -0.2) is 0 Å². The number of benzene rings is 2. The summed E-state index contributed by atoms with van der Waals surface area (Å²) in [6.07, 6.45) is 0.255. The summed E-state index contributed by atoms with van der Waals surface area (Å²) in [7, 11) is 1.58. The zero-order chi connectivity index (χ0) is 17.6. The highest BCUT2D eigenvalue weighted by atomic mass is 35.5. The van der Waals surface area contributed by atoms with Gasteiger partial charge in [0, 0.05) is 5.02 Å². The minimum absolute atomic E-state index is 0.139. The van der Waals surface area contributed by atoms with Crippen molar-refractivity contribution in [1.29, 1.82) is 0 Å². The van der Waals surface area contributed by atoms with Gasteiger partial charge in [-0.3, -0.25) is 4.79 Å². The summed E-state index contributed by atoms with van der Waals surface area (Å²) < 4.78 is 10.5. The number of ether oxygens (including phenoxy) is 1. The molecule has 3 aromatic rings. The first kappa shape index (κ1) is 17.0. The molecule has 0 radical (unpaired) electrons. The first-order valence-electron chi connectivity index (χ1n) is 7.63. The topological polar surface area (TPSA) is 77.3 Å². The van der Waals surface area contributed by atoms with Crippen LogP contribution < -0.4 is 10.1 Å². The number of aromatic nitrogens is 2. The third-order valence-electron chi connectivity index (χ3n) is 3.53. The van der Waals surface area contributed by atoms with E-state index in [1.54, 1.807) is 19.2 Å². The van der Waals surface area contributed by atoms with Crippen molar-refractivity contribution in [2.45, 2.75) is 13.0 Å². The van der Waals surface area contributed by atoms with Gasteiger partial charge in [0.05, 0.1) is 25.6 Å². The van der Waals surface area contributed by atoms with Crippen LogP contribution in [-0.2, 0) is 17.8 Å². The fourth-order valence-electron chi connectivity index (χ4n) is 2.29. The first-order chi connectivity index (χ1) is 12.2. The molecule has 25 heavy (non-hydrogen) atoms. The van der Waals surface area contributed by atoms with E-state index in [1.807, 2.05) is 36.4 Å². The summed E-state index contributed by atoms with van der Waals surface area (Å²) in [5, 5.41) is 7.33. The number of halogens is 1. The predicted molar refractivity (Wildman–Crippen MR) is 93.3 cm³/mol. The minimum atomic E-state index is -0.139. The molecule has 0 aliphatic carbocycles. The Morgan fingerprint density at radius 2 is 1.96 bits per heavy atom. The molecule has 6 nitrogen and oxygen atoms in total. The lowest BCUT2D eigenvalue weighted by Gasteiger charge is -2.03. The van der Waals surface area contributed by atoms with Crippen LogP contribution in [0.5, 0.6) is 5.75 Å². The summed E-state index contributed by atoms with van der Waals surface area (Å²) in [6.45, 7) is 0.161. The van der Waals surface area contributed by atoms with Crippen LogP contribution in [0.3, 0.4) is 0 Å². The molecule has 0 aliphatic heterocycles. The molecule has 0 saturated carbocycles. The van der Waals surface area contributed by atoms with E-state index in [1.165, 1.54) is 0 Å². The highest BCUT2D eigenvalue weighted by molar-refractivity contribution is 6.30. The zero-order valence-corrected chi connectivity index (χ0v) is 14.3. The molecule has 0 fully saturated rings. The summed E-state index contributed by atoms with van der Waals surface area (Å²) in [5.41, 5.74) is 1.61. The van der Waals surface area contributed by atoms with Crippen LogP contribution in [0.15, 0.2) is 53.1 Å². The predicted octanol–water partition coefficient (Wildman–Crippen LogP) is 3.26. The Morgan fingerprint density at radius 3 is 2.72 bits per heavy atom. The maximum absolute atomic E-state index is 12.0. The third-order valence-corrected chi connectivity index (χ3v) is 3.78. The number of para-hydroxylation sites is 1. The van der Waals surface area contributed by atoms with E-state index in [0.717, 1.165) is 11.1 Å². The minimum Gasteiger partial charge on any atom is -0.496 e. The normalized spacial score (nSPS) is 10.5. The van der Waals surface area contributed by atoms with Crippen LogP contribution in [0.1, 0.15) is 11.5 Å². The van der Waals surface area contributed by atoms with E-state index in [4.69, 9.17) is 20.9 Å². The van der Waals surface area contributed by atoms with Crippen LogP contribution >= 0.6 is 11.6 Å². The molecule has 1 aromatic heterocycles. The van der Waals surface area contributed by atoms with Crippen molar-refractivity contribution in [3.63, 3.8) is 0 Å². The van der Waals surface area contributed by atoms with Crippen molar-refractivity contribution < 1.29 is 14.1 Å². The Balaban J connectivity index is 1.60. The molecule has 0 spiro atoms. The molecule has 0 saturated heterocycles. The van der Waals surface area contributed by atoms with Crippen molar-refractivity contribution in [2.24, 2.45) is 0 Å². The summed E-state index contributed by atoms with van der Waals surface area (Å²) in [4.78, 5) is 16.3. The van der Waals surface area contributed by atoms with E-state index < -0.39 is 0 Å². The zero-order valence-electron chi connectivity index (χ0n) is 13.5. The van der Waals surface area contributed by atoms with Crippen molar-refractivity contribution in [2.75, 3.05) is 7.11 Å². The van der Waals surface area contributed by atoms with Gasteiger partial charge in [0.2, 0.25) is 17.6 Å². The van der Waals surface area contributed by atoms with E-state index in [-0.39, 0.29) is 18.9 Å². The Morgan fingerprint density at radius 1 is 1.20 bits per heavy atom. The highest BCUT2D eigenvalue weighted by Crippen LogP contribution is 2.26. The van der Waals surface area contributed by atoms with Crippen LogP contribution in [0.4, 0.5) is 0 Å². The quantitative estimate of drug-likeness (QED) is 0.732. The number of nitrogens with one attached hydrogen (secondary N) is 1. The number of rotatable bonds is 6. The number of hydrogen-bond donors (Lipinski definition) is 1. The fraction of sp³-hybridized carbons (Fsp3) is 0.167. The number of hydrogen-bond acceptors (Lipinski definition) is 5. The van der Waals surface area contributed by atoms with E-state index in [2.05, 4.69) is 15.5 Å². The van der Waals surface area contributed by atoms with Gasteiger partial charge >= 0.3 is 0 Å². The highest BCUT2D eigenvalue weighted by Gasteiger charge is 2.13. The molecular formula is C18H16ClN3O3. The van der Waals surface area contributed by atoms with Gasteiger partial charge in [-0.2, -0.15) is 4.98 Å². The Kier molecular flexibility index (Phi) is 5.30. The number of methoxy groups -OCH3 is 1. The molecule has 0 unspecified atom stereocenters. The van der Waals surface area contributed by atoms with E-state index in [0.29, 0.717) is 22.5 Å². The van der Waals surface area contributed by atoms with Gasteiger partial charge in [0.15, 0.2) is 0 Å². The van der Waals surface area contributed by atoms with Gasteiger partial charge in [-0.15, -0.1) is 0 Å². The Labute approximate surface area is 149 Å². The third kappa shape index (κ3) is 4.36. The molecular weight excluding hydrogens is 342 g/mol. The number of nitrogens with zero attached hydrogens (tertiary/aromatic N) is 2. The van der Waals surface area contributed by atoms with Gasteiger partial charge in [0.1, 0.15) is 5.75 Å². The van der Waals surface area contributed by atoms with E-state index >= 15 is 0 Å². The van der Waals surface area contributed by atoms with Crippen LogP contribution in [-0.4, -0.2) is 23.2 Å². The molecule has 128 valence electrons. The van der Waals surface area contributed by atoms with Gasteiger partial charge in [-0.1, -0.05) is 41.0 Å². The smallest absolute Gasteiger partial charge is 0.246 e. The Bertz CT molecular complexity index is 862. The molecule has 1 amide bonds. The SMILES string of the molecule is COc1ccccc1-c1noc(CNC(=O)Cc2ccc(Cl)cc2)n1. The maximum atomic E-state index is 12.0. The van der Waals surface area contributed by atoms with E-state index in [9.17, 15) is 4.79 Å². The lowest BCUT2D eigenvalue weighted by molar-refractivity contribution is -0.120. The summed E-state index contributed by atoms with van der Waals surface area (Å²) in [6, 6.07) is 14.5. The second-order valence-electron chi connectivity index (χ2n) is 5.29. The summed E-state index contributed by atoms with van der Waals surface area (Å²) in [5.74, 6) is 1.26. The van der Waals surface area contributed by atoms with Crippen molar-refractivity contribution >= 4 is 17.5 Å². The second-order valence-corrected chi connectivity index (χ2v) is 5.73. The van der Waals surface area contributed by atoms with Crippen LogP contribution in [0.2, 0.25) is 5.02 Å². The van der Waals surface area contributed by atoms with Gasteiger partial charge in [-0.05, 0) is 29.8 Å². The average Bonchev–Trinajstić information content (AvgIpc) is 3.11. The van der Waals surface area contributed by atoms with Gasteiger partial charge < -0.3 is 14.6 Å². The van der Waals surface area contributed by atoms with Crippen LogP contribution in [0.25, 0.3) is 11.4 Å². The first-order valence-corrected chi connectivity index (χ1v) is 8.00. The molecule has 7 heteroatoms. The molecule has 0 bridgehead atoms. The lowest BCUT2D eigenvalue weighted by atomic mass is 10.1. The average molecular weight is 358 g/mol. The standard InChI is InChI=1S/C18H16ClN3O3/c1-24-15-5-3-2-4-14(15)18-21-17(25-22-18)11-20-16(23)10-12-6-8-13(19)9-7-12/h2-9H,10-11H2,1H3,(H,20,23). The number of carbonyl (C=O) groups is 1. The molecule has 1 N–H and O–H groups in total. The lowest BCUT2D eigenvalue weighted by Crippen LogP contribution is -2.24. The van der Waals surface area contributed by atoms with Crippen LogP contribution in [0, 0.1) is 0 Å².